The minimum atomic E-state index is -0.0706. The van der Waals surface area contributed by atoms with E-state index in [9.17, 15) is 9.59 Å². The fraction of sp³-hybridized carbons (Fsp3) is 0.692. The van der Waals surface area contributed by atoms with E-state index in [1.54, 1.807) is 24.3 Å². The molecule has 0 bridgehead atoms. The van der Waals surface area contributed by atoms with Gasteiger partial charge in [0.2, 0.25) is 0 Å². The minimum Gasteiger partial charge on any atom is -0.484 e. The molecule has 0 aliphatic carbocycles. The number of nitrogens with zero attached hydrogens (tertiary/aromatic N) is 1. The van der Waals surface area contributed by atoms with Crippen LogP contribution in [-0.4, -0.2) is 54.2 Å². The second-order valence-electron chi connectivity index (χ2n) is 9.42. The fourth-order valence-corrected chi connectivity index (χ4v) is 5.21. The molecule has 178 valence electrons. The summed E-state index contributed by atoms with van der Waals surface area (Å²) in [5, 5.41) is 3.17. The van der Waals surface area contributed by atoms with Crippen LogP contribution in [0, 0.1) is 5.92 Å². The third kappa shape index (κ3) is 6.25. The van der Waals surface area contributed by atoms with Gasteiger partial charge in [0.1, 0.15) is 5.75 Å². The van der Waals surface area contributed by atoms with Gasteiger partial charge in [-0.1, -0.05) is 26.7 Å². The number of nitrogens with one attached hydrogen (secondary N) is 1. The van der Waals surface area contributed by atoms with Crippen molar-refractivity contribution in [1.82, 2.24) is 10.2 Å². The van der Waals surface area contributed by atoms with Crippen molar-refractivity contribution in [2.75, 3.05) is 13.2 Å². The van der Waals surface area contributed by atoms with Crippen molar-refractivity contribution in [3.8, 4) is 5.75 Å². The number of rotatable bonds is 8. The van der Waals surface area contributed by atoms with Gasteiger partial charge in [-0.3, -0.25) is 9.59 Å². The van der Waals surface area contributed by atoms with E-state index in [2.05, 4.69) is 33.0 Å². The van der Waals surface area contributed by atoms with Crippen LogP contribution in [0.5, 0.6) is 5.75 Å². The highest BCUT2D eigenvalue weighted by Gasteiger charge is 2.30. The van der Waals surface area contributed by atoms with Crippen molar-refractivity contribution in [2.24, 2.45) is 5.92 Å². The van der Waals surface area contributed by atoms with Crippen molar-refractivity contribution >= 4 is 11.8 Å². The van der Waals surface area contributed by atoms with Crippen molar-refractivity contribution in [2.45, 2.75) is 96.9 Å². The molecular weight excluding hydrogens is 404 g/mol. The van der Waals surface area contributed by atoms with E-state index in [1.165, 1.54) is 6.42 Å². The lowest BCUT2D eigenvalue weighted by molar-refractivity contribution is -0.139. The number of carbonyl (C=O) groups excluding carboxylic acids is 2. The summed E-state index contributed by atoms with van der Waals surface area (Å²) in [5.74, 6) is 1.11. The molecule has 2 saturated heterocycles. The third-order valence-electron chi connectivity index (χ3n) is 7.19. The fourth-order valence-electron chi connectivity index (χ4n) is 5.21. The molecule has 0 radical (unpaired) electrons. The summed E-state index contributed by atoms with van der Waals surface area (Å²) in [4.78, 5) is 27.3. The number of likely N-dealkylation sites (tertiary alicyclic amines) is 1. The predicted molar refractivity (Wildman–Crippen MR) is 126 cm³/mol. The SMILES string of the molecule is CCC(CC)[C@@H]1C[C@H](NC(=O)c2ccc(OCC(=O)N3[C@H](C)CCC[C@@H]3C)cc2)CCO1. The number of carbonyl (C=O) groups is 2. The summed E-state index contributed by atoms with van der Waals surface area (Å²) in [7, 11) is 0. The van der Waals surface area contributed by atoms with Gasteiger partial charge in [-0.15, -0.1) is 0 Å². The zero-order valence-electron chi connectivity index (χ0n) is 20.1. The Morgan fingerprint density at radius 1 is 1.09 bits per heavy atom. The largest absolute Gasteiger partial charge is 0.484 e. The second kappa shape index (κ2) is 11.7. The first kappa shape index (κ1) is 24.6. The van der Waals surface area contributed by atoms with Crippen molar-refractivity contribution in [1.29, 1.82) is 0 Å². The topological polar surface area (TPSA) is 67.9 Å². The zero-order valence-corrected chi connectivity index (χ0v) is 20.1. The van der Waals surface area contributed by atoms with Crippen LogP contribution < -0.4 is 10.1 Å². The molecule has 0 spiro atoms. The van der Waals surface area contributed by atoms with Crippen LogP contribution in [0.25, 0.3) is 0 Å². The standard InChI is InChI=1S/C26H40N2O4/c1-5-20(6-2)24-16-22(14-15-31-24)27-26(30)21-10-12-23(13-11-21)32-17-25(29)28-18(3)8-7-9-19(28)4/h10-13,18-20,22,24H,5-9,14-17H2,1-4H3,(H,27,30)/t18-,19+,22-,24+/m1/s1. The summed E-state index contributed by atoms with van der Waals surface area (Å²) < 4.78 is 11.7. The Hall–Kier alpha value is -2.08. The number of amides is 2. The van der Waals surface area contributed by atoms with E-state index in [-0.39, 0.29) is 42.7 Å². The van der Waals surface area contributed by atoms with Gasteiger partial charge >= 0.3 is 0 Å². The van der Waals surface area contributed by atoms with Gasteiger partial charge in [0.15, 0.2) is 6.61 Å². The number of hydrogen-bond acceptors (Lipinski definition) is 4. The van der Waals surface area contributed by atoms with Gasteiger partial charge in [0.05, 0.1) is 6.10 Å². The highest BCUT2D eigenvalue weighted by molar-refractivity contribution is 5.94. The summed E-state index contributed by atoms with van der Waals surface area (Å²) in [6, 6.07) is 7.72. The molecule has 0 aromatic heterocycles. The summed E-state index contributed by atoms with van der Waals surface area (Å²) in [5.41, 5.74) is 0.604. The van der Waals surface area contributed by atoms with Crippen molar-refractivity contribution in [3.05, 3.63) is 29.8 Å². The quantitative estimate of drug-likeness (QED) is 0.638. The Morgan fingerprint density at radius 2 is 1.75 bits per heavy atom. The van der Waals surface area contributed by atoms with Gasteiger partial charge in [0, 0.05) is 30.3 Å². The molecule has 3 rings (SSSR count). The smallest absolute Gasteiger partial charge is 0.260 e. The Kier molecular flexibility index (Phi) is 8.97. The number of piperidine rings is 1. The van der Waals surface area contributed by atoms with Gasteiger partial charge in [-0.2, -0.15) is 0 Å². The lowest BCUT2D eigenvalue weighted by Crippen LogP contribution is -2.49. The molecule has 32 heavy (non-hydrogen) atoms. The summed E-state index contributed by atoms with van der Waals surface area (Å²) in [6.45, 7) is 9.33. The normalized spacial score (nSPS) is 26.1. The Morgan fingerprint density at radius 3 is 2.38 bits per heavy atom. The monoisotopic (exact) mass is 444 g/mol. The second-order valence-corrected chi connectivity index (χ2v) is 9.42. The first-order valence-corrected chi connectivity index (χ1v) is 12.4. The van der Waals surface area contributed by atoms with Gasteiger partial charge in [-0.05, 0) is 76.1 Å². The van der Waals surface area contributed by atoms with Gasteiger partial charge < -0.3 is 19.7 Å². The molecule has 2 aliphatic heterocycles. The maximum atomic E-state index is 12.7. The summed E-state index contributed by atoms with van der Waals surface area (Å²) in [6.07, 6.45) is 7.40. The molecule has 2 amide bonds. The van der Waals surface area contributed by atoms with Crippen LogP contribution in [0.3, 0.4) is 0 Å². The summed E-state index contributed by atoms with van der Waals surface area (Å²) >= 11 is 0. The Labute approximate surface area is 193 Å². The molecule has 1 aromatic carbocycles. The predicted octanol–water partition coefficient (Wildman–Crippen LogP) is 4.57. The molecule has 0 saturated carbocycles. The number of benzene rings is 1. The molecular formula is C26H40N2O4. The average molecular weight is 445 g/mol. The first-order chi connectivity index (χ1) is 15.4. The molecule has 1 aromatic rings. The van der Waals surface area contributed by atoms with Gasteiger partial charge in [0.25, 0.3) is 11.8 Å². The molecule has 4 atom stereocenters. The first-order valence-electron chi connectivity index (χ1n) is 12.4. The molecule has 1 N–H and O–H groups in total. The van der Waals surface area contributed by atoms with Crippen LogP contribution >= 0.6 is 0 Å². The minimum absolute atomic E-state index is 0.0260. The average Bonchev–Trinajstić information content (AvgIpc) is 2.79. The van der Waals surface area contributed by atoms with Crippen LogP contribution in [-0.2, 0) is 9.53 Å². The Balaban J connectivity index is 1.49. The van der Waals surface area contributed by atoms with Crippen LogP contribution in [0.1, 0.15) is 83.0 Å². The van der Waals surface area contributed by atoms with Crippen molar-refractivity contribution < 1.29 is 19.1 Å². The van der Waals surface area contributed by atoms with Crippen LogP contribution in [0.15, 0.2) is 24.3 Å². The van der Waals surface area contributed by atoms with E-state index in [0.29, 0.717) is 23.8 Å². The zero-order chi connectivity index (χ0) is 23.1. The van der Waals surface area contributed by atoms with Crippen molar-refractivity contribution in [3.63, 3.8) is 0 Å². The molecule has 2 aliphatic rings. The van der Waals surface area contributed by atoms with E-state index < -0.39 is 0 Å². The van der Waals surface area contributed by atoms with Crippen LogP contribution in [0.4, 0.5) is 0 Å². The lowest BCUT2D eigenvalue weighted by atomic mass is 9.89. The highest BCUT2D eigenvalue weighted by atomic mass is 16.5. The number of ether oxygens (including phenoxy) is 2. The highest BCUT2D eigenvalue weighted by Crippen LogP contribution is 2.26. The maximum absolute atomic E-state index is 12.7. The Bertz CT molecular complexity index is 737. The molecule has 2 heterocycles. The van der Waals surface area contributed by atoms with E-state index >= 15 is 0 Å². The van der Waals surface area contributed by atoms with Gasteiger partial charge in [-0.25, -0.2) is 0 Å². The maximum Gasteiger partial charge on any atom is 0.260 e. The third-order valence-corrected chi connectivity index (χ3v) is 7.19. The lowest BCUT2D eigenvalue weighted by Gasteiger charge is -2.38. The molecule has 2 fully saturated rings. The molecule has 6 nitrogen and oxygen atoms in total. The van der Waals surface area contributed by atoms with E-state index in [0.717, 1.165) is 38.5 Å². The molecule has 0 unspecified atom stereocenters. The van der Waals surface area contributed by atoms with E-state index in [1.807, 2.05) is 4.90 Å². The molecule has 6 heteroatoms. The number of hydrogen-bond donors (Lipinski definition) is 1. The van der Waals surface area contributed by atoms with Crippen LogP contribution in [0.2, 0.25) is 0 Å². The van der Waals surface area contributed by atoms with E-state index in [4.69, 9.17) is 9.47 Å².